The molecule has 1 N–H and O–H groups in total. The van der Waals surface area contributed by atoms with Crippen molar-refractivity contribution in [3.8, 4) is 17.2 Å². The third-order valence-corrected chi connectivity index (χ3v) is 5.21. The topological polar surface area (TPSA) is 172 Å². The number of non-ortho nitro benzene ring substituents is 2. The number of nitro groups is 2. The highest BCUT2D eigenvalue weighted by atomic mass is 79.9. The molecule has 0 radical (unpaired) electrons. The van der Waals surface area contributed by atoms with Crippen molar-refractivity contribution >= 4 is 45.4 Å². The van der Waals surface area contributed by atoms with Crippen LogP contribution in [0.5, 0.6) is 17.2 Å². The van der Waals surface area contributed by atoms with Gasteiger partial charge >= 0.3 is 5.97 Å². The van der Waals surface area contributed by atoms with Crippen molar-refractivity contribution in [3.63, 3.8) is 0 Å². The molecule has 1 amide bonds. The van der Waals surface area contributed by atoms with Gasteiger partial charge in [0.2, 0.25) is 0 Å². The zero-order valence-corrected chi connectivity index (χ0v) is 20.5. The van der Waals surface area contributed by atoms with Crippen LogP contribution in [0.2, 0.25) is 0 Å². The van der Waals surface area contributed by atoms with Gasteiger partial charge in [-0.25, -0.2) is 10.2 Å². The molecule has 0 saturated carbocycles. The van der Waals surface area contributed by atoms with Gasteiger partial charge in [-0.3, -0.25) is 25.0 Å². The number of nitrogens with one attached hydrogen (secondary N) is 1. The van der Waals surface area contributed by atoms with Crippen molar-refractivity contribution in [2.24, 2.45) is 5.10 Å². The van der Waals surface area contributed by atoms with Gasteiger partial charge in [0.1, 0.15) is 5.75 Å². The summed E-state index contributed by atoms with van der Waals surface area (Å²) < 4.78 is 16.2. The summed E-state index contributed by atoms with van der Waals surface area (Å²) in [5.41, 5.74) is 2.61. The first kappa shape index (κ1) is 26.7. The van der Waals surface area contributed by atoms with Crippen LogP contribution in [0.25, 0.3) is 0 Å². The van der Waals surface area contributed by atoms with Crippen molar-refractivity contribution in [2.45, 2.75) is 0 Å². The van der Waals surface area contributed by atoms with Crippen LogP contribution >= 0.6 is 15.9 Å². The summed E-state index contributed by atoms with van der Waals surface area (Å²) >= 11 is 3.15. The number of hydrogen-bond acceptors (Lipinski definition) is 10. The monoisotopic (exact) mass is 572 g/mol. The van der Waals surface area contributed by atoms with Crippen LogP contribution in [-0.4, -0.2) is 41.7 Å². The van der Waals surface area contributed by atoms with E-state index >= 15 is 0 Å². The Morgan fingerprint density at radius 3 is 2.22 bits per heavy atom. The summed E-state index contributed by atoms with van der Waals surface area (Å²) in [7, 11) is 1.37. The third-order valence-electron chi connectivity index (χ3n) is 4.59. The highest BCUT2D eigenvalue weighted by molar-refractivity contribution is 9.10. The molecule has 0 atom stereocenters. The summed E-state index contributed by atoms with van der Waals surface area (Å²) in [6, 6.07) is 13.3. The number of carbonyl (C=O) groups excluding carboxylic acids is 2. The Hall–Kier alpha value is -4.85. The van der Waals surface area contributed by atoms with Crippen LogP contribution in [0.15, 0.2) is 70.2 Å². The minimum atomic E-state index is -0.735. The molecule has 13 nitrogen and oxygen atoms in total. The van der Waals surface area contributed by atoms with Crippen molar-refractivity contribution in [3.05, 3.63) is 96.5 Å². The van der Waals surface area contributed by atoms with Gasteiger partial charge in [0.15, 0.2) is 18.1 Å². The average molecular weight is 573 g/mol. The number of carbonyl (C=O) groups is 2. The second-order valence-corrected chi connectivity index (χ2v) is 7.91. The second kappa shape index (κ2) is 12.2. The average Bonchev–Trinajstić information content (AvgIpc) is 2.88. The highest BCUT2D eigenvalue weighted by Gasteiger charge is 2.15. The maximum absolute atomic E-state index is 12.4. The molecule has 0 unspecified atom stereocenters. The number of amides is 1. The number of halogens is 1. The number of nitrogens with zero attached hydrogens (tertiary/aromatic N) is 3. The van der Waals surface area contributed by atoms with Gasteiger partial charge in [0, 0.05) is 24.3 Å². The molecule has 3 aromatic carbocycles. The van der Waals surface area contributed by atoms with Crippen molar-refractivity contribution in [1.82, 2.24) is 5.43 Å². The summed E-state index contributed by atoms with van der Waals surface area (Å²) in [6.07, 6.45) is 1.32. The van der Waals surface area contributed by atoms with Crippen LogP contribution in [0.1, 0.15) is 15.9 Å². The van der Waals surface area contributed by atoms with E-state index < -0.39 is 28.3 Å². The van der Waals surface area contributed by atoms with Crippen molar-refractivity contribution in [2.75, 3.05) is 13.7 Å². The van der Waals surface area contributed by atoms with E-state index in [4.69, 9.17) is 14.2 Å². The molecule has 0 bridgehead atoms. The molecule has 0 heterocycles. The standard InChI is InChI=1S/C23H17BrN4O9/c1-35-21-10-14(2-8-20(21)37-23(30)15-3-5-16(6-4-15)27(31)32)12-25-26-22(29)13-36-19-9-7-17(28(33)34)11-18(19)24/h2-12H,13H2,1H3,(H,26,29)/b25-12+. The molecular weight excluding hydrogens is 556 g/mol. The molecule has 190 valence electrons. The number of hydrazone groups is 1. The smallest absolute Gasteiger partial charge is 0.343 e. The molecule has 3 rings (SSSR count). The Labute approximate surface area is 217 Å². The van der Waals surface area contributed by atoms with Gasteiger partial charge in [0.05, 0.1) is 33.2 Å². The van der Waals surface area contributed by atoms with Gasteiger partial charge in [-0.05, 0) is 57.9 Å². The fraction of sp³-hybridized carbons (Fsp3) is 0.0870. The van der Waals surface area contributed by atoms with E-state index in [1.807, 2.05) is 0 Å². The number of esters is 1. The molecule has 0 spiro atoms. The largest absolute Gasteiger partial charge is 0.493 e. The van der Waals surface area contributed by atoms with Crippen LogP contribution in [0.3, 0.4) is 0 Å². The fourth-order valence-corrected chi connectivity index (χ4v) is 3.28. The lowest BCUT2D eigenvalue weighted by atomic mass is 10.2. The predicted molar refractivity (Wildman–Crippen MR) is 133 cm³/mol. The second-order valence-electron chi connectivity index (χ2n) is 7.06. The minimum absolute atomic E-state index is 0.106. The fourth-order valence-electron chi connectivity index (χ4n) is 2.80. The predicted octanol–water partition coefficient (Wildman–Crippen LogP) is 4.02. The lowest BCUT2D eigenvalue weighted by Crippen LogP contribution is -2.24. The number of ether oxygens (including phenoxy) is 3. The Morgan fingerprint density at radius 2 is 1.59 bits per heavy atom. The molecule has 0 fully saturated rings. The molecule has 0 aliphatic heterocycles. The molecule has 0 aliphatic carbocycles. The molecule has 37 heavy (non-hydrogen) atoms. The van der Waals surface area contributed by atoms with Gasteiger partial charge in [-0.15, -0.1) is 0 Å². The number of benzene rings is 3. The van der Waals surface area contributed by atoms with E-state index in [0.717, 1.165) is 0 Å². The molecule has 3 aromatic rings. The molecular formula is C23H17BrN4O9. The quantitative estimate of drug-likeness (QED) is 0.124. The number of hydrogen-bond donors (Lipinski definition) is 1. The molecule has 0 aromatic heterocycles. The first-order chi connectivity index (χ1) is 17.7. The lowest BCUT2D eigenvalue weighted by molar-refractivity contribution is -0.385. The summed E-state index contributed by atoms with van der Waals surface area (Å²) in [4.78, 5) is 44.7. The number of nitro benzene ring substituents is 2. The van der Waals surface area contributed by atoms with E-state index in [1.54, 1.807) is 6.07 Å². The van der Waals surface area contributed by atoms with Gasteiger partial charge < -0.3 is 14.2 Å². The van der Waals surface area contributed by atoms with E-state index in [0.29, 0.717) is 10.0 Å². The zero-order chi connectivity index (χ0) is 26.9. The Balaban J connectivity index is 1.56. The maximum Gasteiger partial charge on any atom is 0.343 e. The van der Waals surface area contributed by atoms with Crippen LogP contribution in [0.4, 0.5) is 11.4 Å². The van der Waals surface area contributed by atoms with E-state index in [-0.39, 0.29) is 34.2 Å². The normalized spacial score (nSPS) is 10.5. The summed E-state index contributed by atoms with van der Waals surface area (Å²) in [6.45, 7) is -0.394. The lowest BCUT2D eigenvalue weighted by Gasteiger charge is -2.10. The summed E-state index contributed by atoms with van der Waals surface area (Å²) in [5.74, 6) is -0.761. The maximum atomic E-state index is 12.4. The third kappa shape index (κ3) is 7.32. The van der Waals surface area contributed by atoms with Crippen LogP contribution in [0, 0.1) is 20.2 Å². The van der Waals surface area contributed by atoms with E-state index in [2.05, 4.69) is 26.5 Å². The number of methoxy groups -OCH3 is 1. The Bertz CT molecular complexity index is 1380. The van der Waals surface area contributed by atoms with Crippen molar-refractivity contribution < 1.29 is 33.6 Å². The first-order valence-corrected chi connectivity index (χ1v) is 11.0. The van der Waals surface area contributed by atoms with Crippen LogP contribution < -0.4 is 19.6 Å². The van der Waals surface area contributed by atoms with Gasteiger partial charge in [-0.2, -0.15) is 5.10 Å². The summed E-state index contributed by atoms with van der Waals surface area (Å²) in [5, 5.41) is 25.3. The SMILES string of the molecule is COc1cc(/C=N/NC(=O)COc2ccc([N+](=O)[O-])cc2Br)ccc1OC(=O)c1ccc([N+](=O)[O-])cc1. The van der Waals surface area contributed by atoms with E-state index in [1.165, 1.54) is 67.9 Å². The van der Waals surface area contributed by atoms with Gasteiger partial charge in [-0.1, -0.05) is 0 Å². The molecule has 0 saturated heterocycles. The first-order valence-electron chi connectivity index (χ1n) is 10.2. The van der Waals surface area contributed by atoms with Gasteiger partial charge in [0.25, 0.3) is 17.3 Å². The minimum Gasteiger partial charge on any atom is -0.493 e. The Kier molecular flexibility index (Phi) is 8.83. The van der Waals surface area contributed by atoms with Crippen molar-refractivity contribution in [1.29, 1.82) is 0 Å². The molecule has 0 aliphatic rings. The number of rotatable bonds is 10. The van der Waals surface area contributed by atoms with E-state index in [9.17, 15) is 29.8 Å². The Morgan fingerprint density at radius 1 is 0.946 bits per heavy atom. The molecule has 14 heteroatoms. The highest BCUT2D eigenvalue weighted by Crippen LogP contribution is 2.30. The van der Waals surface area contributed by atoms with Crippen LogP contribution in [-0.2, 0) is 4.79 Å². The zero-order valence-electron chi connectivity index (χ0n) is 19.0.